The van der Waals surface area contributed by atoms with Crippen LogP contribution in [-0.4, -0.2) is 42.1 Å². The summed E-state index contributed by atoms with van der Waals surface area (Å²) in [6.07, 6.45) is 0.988. The van der Waals surface area contributed by atoms with Crippen molar-refractivity contribution >= 4 is 5.91 Å². The molecule has 1 aliphatic rings. The molecule has 0 radical (unpaired) electrons. The molecule has 2 unspecified atom stereocenters. The van der Waals surface area contributed by atoms with Crippen molar-refractivity contribution in [2.24, 2.45) is 5.92 Å². The van der Waals surface area contributed by atoms with Gasteiger partial charge in [-0.1, -0.05) is 6.92 Å². The van der Waals surface area contributed by atoms with Crippen LogP contribution in [-0.2, 0) is 0 Å². The molecule has 0 aromatic heterocycles. The van der Waals surface area contributed by atoms with E-state index in [9.17, 15) is 9.90 Å². The highest BCUT2D eigenvalue weighted by atomic mass is 16.3. The van der Waals surface area contributed by atoms with Gasteiger partial charge in [-0.2, -0.15) is 0 Å². The van der Waals surface area contributed by atoms with Crippen LogP contribution in [0.4, 0.5) is 0 Å². The Morgan fingerprint density at radius 3 is 2.67 bits per heavy atom. The van der Waals surface area contributed by atoms with E-state index in [0.29, 0.717) is 11.5 Å². The number of piperidine rings is 1. The zero-order valence-corrected chi connectivity index (χ0v) is 10.9. The Morgan fingerprint density at radius 2 is 2.06 bits per heavy atom. The molecule has 4 heteroatoms. The SMILES string of the molecule is CC1CN(C)CCC1NC(=O)c1ccc(O)cc1. The normalized spacial score (nSPS) is 24.8. The Bertz CT molecular complexity index is 416. The third-order valence-corrected chi connectivity index (χ3v) is 3.55. The third kappa shape index (κ3) is 3.01. The highest BCUT2D eigenvalue weighted by molar-refractivity contribution is 5.94. The van der Waals surface area contributed by atoms with E-state index >= 15 is 0 Å². The Hall–Kier alpha value is -1.55. The standard InChI is InChI=1S/C14H20N2O2/c1-10-9-16(2)8-7-13(10)15-14(18)11-3-5-12(17)6-4-11/h3-6,10,13,17H,7-9H2,1-2H3,(H,15,18). The summed E-state index contributed by atoms with van der Waals surface area (Å²) < 4.78 is 0. The Morgan fingerprint density at radius 1 is 1.39 bits per heavy atom. The first-order valence-corrected chi connectivity index (χ1v) is 6.34. The van der Waals surface area contributed by atoms with E-state index < -0.39 is 0 Å². The molecule has 1 fully saturated rings. The van der Waals surface area contributed by atoms with Gasteiger partial charge in [0.25, 0.3) is 5.91 Å². The smallest absolute Gasteiger partial charge is 0.251 e. The summed E-state index contributed by atoms with van der Waals surface area (Å²) in [5, 5.41) is 12.3. The fourth-order valence-electron chi connectivity index (χ4n) is 2.43. The largest absolute Gasteiger partial charge is 0.508 e. The molecule has 2 rings (SSSR count). The van der Waals surface area contributed by atoms with E-state index in [-0.39, 0.29) is 17.7 Å². The maximum Gasteiger partial charge on any atom is 0.251 e. The molecule has 0 bridgehead atoms. The van der Waals surface area contributed by atoms with Crippen molar-refractivity contribution in [3.8, 4) is 5.75 Å². The molecule has 0 spiro atoms. The molecule has 0 aliphatic carbocycles. The van der Waals surface area contributed by atoms with Crippen LogP contribution in [0.3, 0.4) is 0 Å². The number of carbonyl (C=O) groups is 1. The van der Waals surface area contributed by atoms with Gasteiger partial charge >= 0.3 is 0 Å². The minimum Gasteiger partial charge on any atom is -0.508 e. The molecular weight excluding hydrogens is 228 g/mol. The second-order valence-corrected chi connectivity index (χ2v) is 5.16. The lowest BCUT2D eigenvalue weighted by Crippen LogP contribution is -2.48. The highest BCUT2D eigenvalue weighted by Gasteiger charge is 2.25. The molecule has 1 heterocycles. The Labute approximate surface area is 108 Å². The van der Waals surface area contributed by atoms with Crippen LogP contribution in [0.2, 0.25) is 0 Å². The van der Waals surface area contributed by atoms with Gasteiger partial charge in [-0.3, -0.25) is 4.79 Å². The summed E-state index contributed by atoms with van der Waals surface area (Å²) in [6.45, 7) is 4.20. The molecule has 1 aliphatic heterocycles. The number of nitrogens with zero attached hydrogens (tertiary/aromatic N) is 1. The number of likely N-dealkylation sites (tertiary alicyclic amines) is 1. The number of phenolic OH excluding ortho intramolecular Hbond substituents is 1. The summed E-state index contributed by atoms with van der Waals surface area (Å²) >= 11 is 0. The van der Waals surface area contributed by atoms with E-state index in [1.54, 1.807) is 12.1 Å². The van der Waals surface area contributed by atoms with Crippen LogP contribution in [0.5, 0.6) is 5.75 Å². The van der Waals surface area contributed by atoms with Crippen molar-refractivity contribution in [3.63, 3.8) is 0 Å². The monoisotopic (exact) mass is 248 g/mol. The molecule has 1 aromatic rings. The van der Waals surface area contributed by atoms with Crippen LogP contribution in [0.25, 0.3) is 0 Å². The second-order valence-electron chi connectivity index (χ2n) is 5.16. The van der Waals surface area contributed by atoms with Crippen LogP contribution < -0.4 is 5.32 Å². The lowest BCUT2D eigenvalue weighted by Gasteiger charge is -2.35. The molecule has 1 amide bonds. The first kappa shape index (κ1) is 12.9. The van der Waals surface area contributed by atoms with Crippen LogP contribution in [0, 0.1) is 5.92 Å². The van der Waals surface area contributed by atoms with Crippen molar-refractivity contribution in [2.75, 3.05) is 20.1 Å². The van der Waals surface area contributed by atoms with Crippen LogP contribution in [0.1, 0.15) is 23.7 Å². The Balaban J connectivity index is 1.97. The van der Waals surface area contributed by atoms with E-state index in [1.165, 1.54) is 12.1 Å². The number of nitrogens with one attached hydrogen (secondary N) is 1. The Kier molecular flexibility index (Phi) is 3.87. The number of aromatic hydroxyl groups is 1. The number of hydrogen-bond donors (Lipinski definition) is 2. The quantitative estimate of drug-likeness (QED) is 0.833. The van der Waals surface area contributed by atoms with Gasteiger partial charge in [0.1, 0.15) is 5.75 Å². The van der Waals surface area contributed by atoms with E-state index in [0.717, 1.165) is 19.5 Å². The summed E-state index contributed by atoms with van der Waals surface area (Å²) in [7, 11) is 2.11. The van der Waals surface area contributed by atoms with Gasteiger partial charge in [0.15, 0.2) is 0 Å². The number of hydrogen-bond acceptors (Lipinski definition) is 3. The second kappa shape index (κ2) is 5.40. The minimum absolute atomic E-state index is 0.0589. The van der Waals surface area contributed by atoms with Crippen molar-refractivity contribution in [2.45, 2.75) is 19.4 Å². The molecule has 0 saturated carbocycles. The van der Waals surface area contributed by atoms with Crippen LogP contribution in [0.15, 0.2) is 24.3 Å². The predicted octanol–water partition coefficient (Wildman–Crippen LogP) is 1.46. The summed E-state index contributed by atoms with van der Waals surface area (Å²) in [6, 6.07) is 6.59. The number of rotatable bonds is 2. The first-order valence-electron chi connectivity index (χ1n) is 6.34. The zero-order chi connectivity index (χ0) is 13.1. The van der Waals surface area contributed by atoms with Crippen molar-refractivity contribution < 1.29 is 9.90 Å². The van der Waals surface area contributed by atoms with Gasteiger partial charge in [-0.25, -0.2) is 0 Å². The third-order valence-electron chi connectivity index (χ3n) is 3.55. The summed E-state index contributed by atoms with van der Waals surface area (Å²) in [5.41, 5.74) is 0.596. The van der Waals surface area contributed by atoms with Gasteiger partial charge in [0.05, 0.1) is 0 Å². The minimum atomic E-state index is -0.0589. The lowest BCUT2D eigenvalue weighted by atomic mass is 9.94. The maximum atomic E-state index is 12.0. The number of phenols is 1. The molecule has 18 heavy (non-hydrogen) atoms. The van der Waals surface area contributed by atoms with E-state index in [4.69, 9.17) is 0 Å². The van der Waals surface area contributed by atoms with Gasteiger partial charge in [0.2, 0.25) is 0 Å². The molecule has 2 N–H and O–H groups in total. The molecule has 1 aromatic carbocycles. The van der Waals surface area contributed by atoms with E-state index in [1.807, 2.05) is 0 Å². The molecule has 2 atom stereocenters. The zero-order valence-electron chi connectivity index (χ0n) is 10.9. The number of benzene rings is 1. The average Bonchev–Trinajstić information content (AvgIpc) is 2.33. The predicted molar refractivity (Wildman–Crippen MR) is 70.6 cm³/mol. The molecule has 4 nitrogen and oxygen atoms in total. The average molecular weight is 248 g/mol. The highest BCUT2D eigenvalue weighted by Crippen LogP contribution is 2.16. The first-order chi connectivity index (χ1) is 8.56. The number of amides is 1. The lowest BCUT2D eigenvalue weighted by molar-refractivity contribution is 0.0884. The fraction of sp³-hybridized carbons (Fsp3) is 0.500. The molecule has 1 saturated heterocycles. The van der Waals surface area contributed by atoms with Gasteiger partial charge in [0, 0.05) is 18.2 Å². The van der Waals surface area contributed by atoms with Gasteiger partial charge < -0.3 is 15.3 Å². The van der Waals surface area contributed by atoms with Crippen molar-refractivity contribution in [1.82, 2.24) is 10.2 Å². The molecular formula is C14H20N2O2. The van der Waals surface area contributed by atoms with E-state index in [2.05, 4.69) is 24.2 Å². The number of carbonyl (C=O) groups excluding carboxylic acids is 1. The summed E-state index contributed by atoms with van der Waals surface area (Å²) in [5.74, 6) is 0.584. The van der Waals surface area contributed by atoms with Crippen LogP contribution >= 0.6 is 0 Å². The van der Waals surface area contributed by atoms with Crippen molar-refractivity contribution in [3.05, 3.63) is 29.8 Å². The topological polar surface area (TPSA) is 52.6 Å². The van der Waals surface area contributed by atoms with Gasteiger partial charge in [-0.15, -0.1) is 0 Å². The molecule has 98 valence electrons. The maximum absolute atomic E-state index is 12.0. The fourth-order valence-corrected chi connectivity index (χ4v) is 2.43. The van der Waals surface area contributed by atoms with Crippen molar-refractivity contribution in [1.29, 1.82) is 0 Å². The summed E-state index contributed by atoms with van der Waals surface area (Å²) in [4.78, 5) is 14.3. The van der Waals surface area contributed by atoms with Gasteiger partial charge in [-0.05, 0) is 50.2 Å².